The van der Waals surface area contributed by atoms with E-state index in [4.69, 9.17) is 0 Å². The molecule has 0 saturated heterocycles. The van der Waals surface area contributed by atoms with Gasteiger partial charge in [-0.2, -0.15) is 0 Å². The molecule has 3 heteroatoms. The Hall–Kier alpha value is -2.88. The number of aliphatic hydroxyl groups is 1. The fourth-order valence-corrected chi connectivity index (χ4v) is 3.49. The van der Waals surface area contributed by atoms with Crippen LogP contribution in [-0.4, -0.2) is 21.5 Å². The molecular formula is C24H24N2O. The lowest BCUT2D eigenvalue weighted by atomic mass is 10.1. The molecule has 3 nitrogen and oxygen atoms in total. The van der Waals surface area contributed by atoms with E-state index in [9.17, 15) is 5.11 Å². The van der Waals surface area contributed by atoms with Gasteiger partial charge in [-0.3, -0.25) is 4.90 Å². The minimum atomic E-state index is -0.537. The van der Waals surface area contributed by atoms with Crippen molar-refractivity contribution >= 4 is 10.9 Å². The number of H-pyrrole nitrogens is 1. The monoisotopic (exact) mass is 356 g/mol. The highest BCUT2D eigenvalue weighted by molar-refractivity contribution is 5.79. The van der Waals surface area contributed by atoms with Crippen molar-refractivity contribution in [3.8, 4) is 0 Å². The molecule has 0 spiro atoms. The molecule has 0 bridgehead atoms. The lowest BCUT2D eigenvalue weighted by Gasteiger charge is -2.25. The Balaban J connectivity index is 1.53. The van der Waals surface area contributed by atoms with Crippen LogP contribution in [0.5, 0.6) is 0 Å². The summed E-state index contributed by atoms with van der Waals surface area (Å²) in [7, 11) is 0. The summed E-state index contributed by atoms with van der Waals surface area (Å²) in [5, 5.41) is 12.1. The van der Waals surface area contributed by atoms with Crippen molar-refractivity contribution in [2.75, 3.05) is 6.54 Å². The number of rotatable bonds is 7. The van der Waals surface area contributed by atoms with Gasteiger partial charge in [0.25, 0.3) is 0 Å². The van der Waals surface area contributed by atoms with Crippen molar-refractivity contribution in [1.82, 2.24) is 9.88 Å². The summed E-state index contributed by atoms with van der Waals surface area (Å²) in [6, 6.07) is 29.0. The first-order valence-electron chi connectivity index (χ1n) is 9.33. The Kier molecular flexibility index (Phi) is 5.33. The molecule has 0 aliphatic heterocycles. The molecule has 0 aliphatic carbocycles. The molecular weight excluding hydrogens is 332 g/mol. The summed E-state index contributed by atoms with van der Waals surface area (Å²) in [4.78, 5) is 5.52. The third-order valence-electron chi connectivity index (χ3n) is 4.89. The molecule has 0 saturated carbocycles. The second-order valence-electron chi connectivity index (χ2n) is 6.98. The van der Waals surface area contributed by atoms with Crippen molar-refractivity contribution in [2.45, 2.75) is 19.2 Å². The predicted molar refractivity (Wildman–Crippen MR) is 110 cm³/mol. The van der Waals surface area contributed by atoms with Gasteiger partial charge in [0, 0.05) is 31.3 Å². The number of aromatic nitrogens is 1. The molecule has 136 valence electrons. The number of fused-ring (bicyclic) bond motifs is 1. The standard InChI is InChI=1S/C24H24N2O/c27-24(22-12-11-21-13-14-25-23(21)15-22)18-26(16-19-7-3-1-4-8-19)17-20-9-5-2-6-10-20/h1-15,24-25,27H,16-18H2/t24-/m1/s1. The van der Waals surface area contributed by atoms with Crippen LogP contribution in [0.2, 0.25) is 0 Å². The van der Waals surface area contributed by atoms with E-state index in [0.717, 1.165) is 29.6 Å². The third kappa shape index (κ3) is 4.45. The van der Waals surface area contributed by atoms with Gasteiger partial charge in [-0.25, -0.2) is 0 Å². The van der Waals surface area contributed by atoms with Crippen LogP contribution in [-0.2, 0) is 13.1 Å². The molecule has 2 N–H and O–H groups in total. The second-order valence-corrected chi connectivity index (χ2v) is 6.98. The van der Waals surface area contributed by atoms with Gasteiger partial charge in [-0.1, -0.05) is 72.8 Å². The first kappa shape index (κ1) is 17.5. The fourth-order valence-electron chi connectivity index (χ4n) is 3.49. The van der Waals surface area contributed by atoms with Crippen LogP contribution in [0.15, 0.2) is 91.1 Å². The smallest absolute Gasteiger partial charge is 0.0917 e. The van der Waals surface area contributed by atoms with E-state index in [-0.39, 0.29) is 0 Å². The highest BCUT2D eigenvalue weighted by Gasteiger charge is 2.15. The quantitative estimate of drug-likeness (QED) is 0.494. The molecule has 1 heterocycles. The van der Waals surface area contributed by atoms with Gasteiger partial charge in [-0.05, 0) is 34.2 Å². The fraction of sp³-hybridized carbons (Fsp3) is 0.167. The molecule has 27 heavy (non-hydrogen) atoms. The average molecular weight is 356 g/mol. The minimum absolute atomic E-state index is 0.537. The lowest BCUT2D eigenvalue weighted by Crippen LogP contribution is -2.28. The molecule has 0 fully saturated rings. The average Bonchev–Trinajstić information content (AvgIpc) is 3.17. The van der Waals surface area contributed by atoms with E-state index in [1.807, 2.05) is 36.5 Å². The summed E-state index contributed by atoms with van der Waals surface area (Å²) < 4.78 is 0. The highest BCUT2D eigenvalue weighted by Crippen LogP contribution is 2.22. The van der Waals surface area contributed by atoms with E-state index >= 15 is 0 Å². The number of benzene rings is 3. The van der Waals surface area contributed by atoms with Crippen LogP contribution >= 0.6 is 0 Å². The number of hydrogen-bond donors (Lipinski definition) is 2. The maximum Gasteiger partial charge on any atom is 0.0917 e. The molecule has 0 aliphatic rings. The Morgan fingerprint density at radius 3 is 2.04 bits per heavy atom. The van der Waals surface area contributed by atoms with E-state index in [1.165, 1.54) is 11.1 Å². The van der Waals surface area contributed by atoms with Crippen LogP contribution in [0.1, 0.15) is 22.8 Å². The highest BCUT2D eigenvalue weighted by atomic mass is 16.3. The normalized spacial score (nSPS) is 12.5. The first-order chi connectivity index (χ1) is 13.3. The minimum Gasteiger partial charge on any atom is -0.387 e. The number of nitrogens with one attached hydrogen (secondary N) is 1. The number of aliphatic hydroxyl groups excluding tert-OH is 1. The van der Waals surface area contributed by atoms with Gasteiger partial charge in [0.2, 0.25) is 0 Å². The summed E-state index contributed by atoms with van der Waals surface area (Å²) in [5.74, 6) is 0. The zero-order valence-corrected chi connectivity index (χ0v) is 15.3. The summed E-state index contributed by atoms with van der Waals surface area (Å²) in [5.41, 5.74) is 4.50. The Morgan fingerprint density at radius 1 is 0.778 bits per heavy atom. The Bertz CT molecular complexity index is 937. The van der Waals surface area contributed by atoms with Crippen LogP contribution in [0, 0.1) is 0 Å². The van der Waals surface area contributed by atoms with Gasteiger partial charge in [0.15, 0.2) is 0 Å². The van der Waals surface area contributed by atoms with Crippen molar-refractivity contribution in [1.29, 1.82) is 0 Å². The van der Waals surface area contributed by atoms with E-state index in [1.54, 1.807) is 0 Å². The zero-order valence-electron chi connectivity index (χ0n) is 15.3. The van der Waals surface area contributed by atoms with E-state index in [0.29, 0.717) is 6.54 Å². The van der Waals surface area contributed by atoms with E-state index < -0.39 is 6.10 Å². The first-order valence-corrected chi connectivity index (χ1v) is 9.33. The molecule has 4 rings (SSSR count). The van der Waals surface area contributed by atoms with Crippen LogP contribution in [0.25, 0.3) is 10.9 Å². The third-order valence-corrected chi connectivity index (χ3v) is 4.89. The summed E-state index contributed by atoms with van der Waals surface area (Å²) >= 11 is 0. The topological polar surface area (TPSA) is 39.3 Å². The van der Waals surface area contributed by atoms with Crippen LogP contribution < -0.4 is 0 Å². The van der Waals surface area contributed by atoms with Crippen LogP contribution in [0.4, 0.5) is 0 Å². The van der Waals surface area contributed by atoms with Gasteiger partial charge in [-0.15, -0.1) is 0 Å². The number of nitrogens with zero attached hydrogens (tertiary/aromatic N) is 1. The van der Waals surface area contributed by atoms with E-state index in [2.05, 4.69) is 64.5 Å². The molecule has 0 radical (unpaired) electrons. The van der Waals surface area contributed by atoms with Gasteiger partial charge >= 0.3 is 0 Å². The largest absolute Gasteiger partial charge is 0.387 e. The number of hydrogen-bond acceptors (Lipinski definition) is 2. The predicted octanol–water partition coefficient (Wildman–Crippen LogP) is 4.90. The van der Waals surface area contributed by atoms with Crippen molar-refractivity contribution in [2.24, 2.45) is 0 Å². The maximum atomic E-state index is 10.9. The summed E-state index contributed by atoms with van der Waals surface area (Å²) in [6.07, 6.45) is 1.39. The molecule has 3 aromatic carbocycles. The Labute approximate surface area is 159 Å². The zero-order chi connectivity index (χ0) is 18.5. The summed E-state index contributed by atoms with van der Waals surface area (Å²) in [6.45, 7) is 2.19. The molecule has 0 amide bonds. The van der Waals surface area contributed by atoms with Crippen molar-refractivity contribution in [3.05, 3.63) is 108 Å². The SMILES string of the molecule is O[C@H](CN(Cc1ccccc1)Cc1ccccc1)c1ccc2cc[nH]c2c1. The molecule has 0 unspecified atom stereocenters. The molecule has 1 aromatic heterocycles. The number of aromatic amines is 1. The second kappa shape index (κ2) is 8.21. The van der Waals surface area contributed by atoms with Crippen molar-refractivity contribution < 1.29 is 5.11 Å². The molecule has 1 atom stereocenters. The molecule has 4 aromatic rings. The van der Waals surface area contributed by atoms with Crippen LogP contribution in [0.3, 0.4) is 0 Å². The van der Waals surface area contributed by atoms with Gasteiger partial charge in [0.05, 0.1) is 6.10 Å². The van der Waals surface area contributed by atoms with Crippen molar-refractivity contribution in [3.63, 3.8) is 0 Å². The van der Waals surface area contributed by atoms with Gasteiger partial charge < -0.3 is 10.1 Å². The lowest BCUT2D eigenvalue weighted by molar-refractivity contribution is 0.105. The van der Waals surface area contributed by atoms with Gasteiger partial charge in [0.1, 0.15) is 0 Å². The Morgan fingerprint density at radius 2 is 1.41 bits per heavy atom. The maximum absolute atomic E-state index is 10.9.